The molecular formula is C24H34O6. The smallest absolute Gasteiger partial charge is 0.383 e. The van der Waals surface area contributed by atoms with Gasteiger partial charge in [0.2, 0.25) is 5.75 Å². The van der Waals surface area contributed by atoms with Crippen molar-refractivity contribution in [2.45, 2.75) is 85.2 Å². The molecule has 0 spiro atoms. The van der Waals surface area contributed by atoms with Crippen molar-refractivity contribution in [3.05, 3.63) is 28.6 Å². The highest BCUT2D eigenvalue weighted by Gasteiger charge is 2.23. The van der Waals surface area contributed by atoms with Crippen LogP contribution in [0.4, 0.5) is 0 Å². The van der Waals surface area contributed by atoms with Crippen molar-refractivity contribution in [3.63, 3.8) is 0 Å². The van der Waals surface area contributed by atoms with Crippen LogP contribution in [0.2, 0.25) is 0 Å². The predicted octanol–water partition coefficient (Wildman–Crippen LogP) is 6.03. The molecule has 1 aromatic heterocycles. The molecule has 1 aromatic carbocycles. The van der Waals surface area contributed by atoms with Crippen LogP contribution in [0.25, 0.3) is 11.0 Å². The number of benzene rings is 1. The molecule has 2 aromatic rings. The number of hydrogen-bond donors (Lipinski definition) is 0. The van der Waals surface area contributed by atoms with Gasteiger partial charge in [-0.1, -0.05) is 57.9 Å². The molecule has 0 aliphatic rings. The fraction of sp³-hybridized carbons (Fsp3) is 0.583. The topological polar surface area (TPSA) is 75.0 Å². The first-order valence-corrected chi connectivity index (χ1v) is 11.0. The summed E-state index contributed by atoms with van der Waals surface area (Å²) in [6.07, 6.45) is 9.38. The van der Waals surface area contributed by atoms with Crippen LogP contribution < -0.4 is 19.8 Å². The Labute approximate surface area is 178 Å². The lowest BCUT2D eigenvalue weighted by molar-refractivity contribution is -0.131. The zero-order chi connectivity index (χ0) is 21.9. The molecule has 0 bridgehead atoms. The lowest BCUT2D eigenvalue weighted by atomic mass is 10.1. The lowest BCUT2D eigenvalue weighted by Crippen LogP contribution is -2.16. The molecule has 2 rings (SSSR count). The van der Waals surface area contributed by atoms with Crippen LogP contribution >= 0.6 is 0 Å². The largest absolute Gasteiger partial charge is 0.493 e. The number of esters is 1. The molecule has 0 fully saturated rings. The highest BCUT2D eigenvalue weighted by Crippen LogP contribution is 2.39. The second-order valence-electron chi connectivity index (χ2n) is 7.76. The van der Waals surface area contributed by atoms with Gasteiger partial charge in [0.1, 0.15) is 16.7 Å². The average molecular weight is 419 g/mol. The Morgan fingerprint density at radius 1 is 1.00 bits per heavy atom. The summed E-state index contributed by atoms with van der Waals surface area (Å²) < 4.78 is 22.3. The van der Waals surface area contributed by atoms with Gasteiger partial charge in [-0.3, -0.25) is 4.79 Å². The van der Waals surface area contributed by atoms with E-state index in [0.29, 0.717) is 23.3 Å². The number of fused-ring (bicyclic) bond motifs is 1. The van der Waals surface area contributed by atoms with Crippen LogP contribution in [-0.4, -0.2) is 18.7 Å². The van der Waals surface area contributed by atoms with Crippen molar-refractivity contribution in [1.29, 1.82) is 0 Å². The highest BCUT2D eigenvalue weighted by atomic mass is 16.6. The van der Waals surface area contributed by atoms with Crippen molar-refractivity contribution < 1.29 is 23.4 Å². The Morgan fingerprint density at radius 2 is 1.67 bits per heavy atom. The van der Waals surface area contributed by atoms with E-state index in [-0.39, 0.29) is 17.6 Å². The predicted molar refractivity (Wildman–Crippen MR) is 118 cm³/mol. The van der Waals surface area contributed by atoms with E-state index in [1.54, 1.807) is 32.0 Å². The third kappa shape index (κ3) is 7.08. The normalized spacial score (nSPS) is 11.1. The van der Waals surface area contributed by atoms with Gasteiger partial charge in [0.05, 0.1) is 12.7 Å². The first-order valence-electron chi connectivity index (χ1n) is 11.0. The Bertz CT molecular complexity index is 868. The van der Waals surface area contributed by atoms with Gasteiger partial charge < -0.3 is 18.6 Å². The summed E-state index contributed by atoms with van der Waals surface area (Å²) >= 11 is 0. The van der Waals surface area contributed by atoms with Crippen molar-refractivity contribution >= 4 is 16.9 Å². The Morgan fingerprint density at radius 3 is 2.30 bits per heavy atom. The maximum Gasteiger partial charge on any atom is 0.383 e. The molecule has 0 unspecified atom stereocenters. The summed E-state index contributed by atoms with van der Waals surface area (Å²) in [4.78, 5) is 24.1. The van der Waals surface area contributed by atoms with E-state index in [0.717, 1.165) is 12.8 Å². The van der Waals surface area contributed by atoms with E-state index in [4.69, 9.17) is 18.6 Å². The molecule has 0 N–H and O–H groups in total. The minimum Gasteiger partial charge on any atom is -0.493 e. The van der Waals surface area contributed by atoms with Gasteiger partial charge in [-0.2, -0.15) is 0 Å². The van der Waals surface area contributed by atoms with Gasteiger partial charge in [0.15, 0.2) is 5.75 Å². The molecule has 6 nitrogen and oxygen atoms in total. The highest BCUT2D eigenvalue weighted by molar-refractivity contribution is 5.93. The third-order valence-corrected chi connectivity index (χ3v) is 4.66. The standard InChI is InChI=1S/C24H34O6/c1-5-6-7-8-9-10-11-12-16-27-19-14-13-15-20-21(19)22(29-18(4)25)23(24(26)30-20)28-17(2)3/h13-15,17H,5-12,16H2,1-4H3. The zero-order valence-corrected chi connectivity index (χ0v) is 18.6. The van der Waals surface area contributed by atoms with Crippen molar-refractivity contribution in [2.24, 2.45) is 0 Å². The summed E-state index contributed by atoms with van der Waals surface area (Å²) in [6.45, 7) is 7.61. The molecule has 0 aliphatic heterocycles. The van der Waals surface area contributed by atoms with E-state index < -0.39 is 11.6 Å². The Kier molecular flexibility index (Phi) is 9.71. The average Bonchev–Trinajstić information content (AvgIpc) is 2.68. The van der Waals surface area contributed by atoms with Crippen LogP contribution in [0.3, 0.4) is 0 Å². The maximum absolute atomic E-state index is 12.4. The van der Waals surface area contributed by atoms with Crippen LogP contribution in [0, 0.1) is 0 Å². The number of carbonyl (C=O) groups excluding carboxylic acids is 1. The van der Waals surface area contributed by atoms with E-state index in [1.165, 1.54) is 45.4 Å². The van der Waals surface area contributed by atoms with Gasteiger partial charge in [0, 0.05) is 6.92 Å². The number of carbonyl (C=O) groups is 1. The maximum atomic E-state index is 12.4. The first-order chi connectivity index (χ1) is 14.4. The summed E-state index contributed by atoms with van der Waals surface area (Å²) in [5, 5.41) is 0.433. The Hall–Kier alpha value is -2.50. The molecule has 0 aliphatic carbocycles. The fourth-order valence-electron chi connectivity index (χ4n) is 3.29. The van der Waals surface area contributed by atoms with Crippen LogP contribution in [-0.2, 0) is 4.79 Å². The summed E-state index contributed by atoms with van der Waals surface area (Å²) in [5.74, 6) is -0.109. The molecule has 0 amide bonds. The molecule has 0 atom stereocenters. The van der Waals surface area contributed by atoms with E-state index >= 15 is 0 Å². The minimum atomic E-state index is -0.687. The van der Waals surface area contributed by atoms with Gasteiger partial charge in [-0.05, 0) is 32.4 Å². The number of ether oxygens (including phenoxy) is 3. The number of rotatable bonds is 13. The monoisotopic (exact) mass is 418 g/mol. The van der Waals surface area contributed by atoms with Gasteiger partial charge >= 0.3 is 11.6 Å². The van der Waals surface area contributed by atoms with Gasteiger partial charge in [0.25, 0.3) is 0 Å². The SMILES string of the molecule is CCCCCCCCCCOc1cccc2oc(=O)c(OC(C)C)c(OC(C)=O)c12. The van der Waals surface area contributed by atoms with E-state index in [2.05, 4.69) is 6.92 Å². The summed E-state index contributed by atoms with van der Waals surface area (Å²) in [5.41, 5.74) is -0.395. The molecular weight excluding hydrogens is 384 g/mol. The molecule has 1 heterocycles. The van der Waals surface area contributed by atoms with Crippen molar-refractivity contribution in [3.8, 4) is 17.2 Å². The quantitative estimate of drug-likeness (QED) is 0.225. The summed E-state index contributed by atoms with van der Waals surface area (Å²) in [6, 6.07) is 5.17. The molecule has 166 valence electrons. The minimum absolute atomic E-state index is 0.0500. The van der Waals surface area contributed by atoms with Gasteiger partial charge in [-0.25, -0.2) is 4.79 Å². The first kappa shape index (κ1) is 23.8. The molecule has 6 heteroatoms. The third-order valence-electron chi connectivity index (χ3n) is 4.66. The molecule has 0 saturated carbocycles. The van der Waals surface area contributed by atoms with Crippen molar-refractivity contribution in [1.82, 2.24) is 0 Å². The second kappa shape index (κ2) is 12.3. The lowest BCUT2D eigenvalue weighted by Gasteiger charge is -2.16. The molecule has 0 saturated heterocycles. The number of unbranched alkanes of at least 4 members (excludes halogenated alkanes) is 7. The van der Waals surface area contributed by atoms with Crippen LogP contribution in [0.1, 0.15) is 79.1 Å². The van der Waals surface area contributed by atoms with Crippen LogP contribution in [0.5, 0.6) is 17.2 Å². The summed E-state index contributed by atoms with van der Waals surface area (Å²) in [7, 11) is 0. The van der Waals surface area contributed by atoms with E-state index in [9.17, 15) is 9.59 Å². The number of hydrogen-bond acceptors (Lipinski definition) is 6. The van der Waals surface area contributed by atoms with Crippen LogP contribution in [0.15, 0.2) is 27.4 Å². The molecule has 0 radical (unpaired) electrons. The van der Waals surface area contributed by atoms with Gasteiger partial charge in [-0.15, -0.1) is 0 Å². The fourth-order valence-corrected chi connectivity index (χ4v) is 3.29. The Balaban J connectivity index is 2.14. The molecule has 30 heavy (non-hydrogen) atoms. The van der Waals surface area contributed by atoms with Crippen molar-refractivity contribution in [2.75, 3.05) is 6.61 Å². The zero-order valence-electron chi connectivity index (χ0n) is 18.6. The second-order valence-corrected chi connectivity index (χ2v) is 7.76. The van der Waals surface area contributed by atoms with E-state index in [1.807, 2.05) is 0 Å².